The van der Waals surface area contributed by atoms with Crippen molar-refractivity contribution in [3.8, 4) is 0 Å². The van der Waals surface area contributed by atoms with Crippen LogP contribution in [-0.4, -0.2) is 20.6 Å². The van der Waals surface area contributed by atoms with Gasteiger partial charge in [-0.1, -0.05) is 0 Å². The summed E-state index contributed by atoms with van der Waals surface area (Å²) in [6.45, 7) is 4.27. The topological polar surface area (TPSA) is 72.2 Å². The third-order valence-electron chi connectivity index (χ3n) is 4.91. The van der Waals surface area contributed by atoms with Gasteiger partial charge in [0.05, 0.1) is 6.42 Å². The third kappa shape index (κ3) is 2.25. The highest BCUT2D eigenvalue weighted by Crippen LogP contribution is 2.62. The van der Waals surface area contributed by atoms with Gasteiger partial charge < -0.3 is 5.11 Å². The summed E-state index contributed by atoms with van der Waals surface area (Å²) in [6, 6.07) is 0. The van der Waals surface area contributed by atoms with Gasteiger partial charge in [-0.05, 0) is 50.9 Å². The van der Waals surface area contributed by atoms with E-state index >= 15 is 0 Å². The van der Waals surface area contributed by atoms with Crippen molar-refractivity contribution < 1.29 is 9.90 Å². The van der Waals surface area contributed by atoms with Crippen molar-refractivity contribution in [2.24, 2.45) is 11.3 Å². The van der Waals surface area contributed by atoms with Crippen LogP contribution in [0.4, 0.5) is 0 Å². The molecule has 2 aliphatic carbocycles. The van der Waals surface area contributed by atoms with Crippen LogP contribution in [0.1, 0.15) is 42.6 Å². The summed E-state index contributed by atoms with van der Waals surface area (Å²) in [5.41, 5.74) is 2.07. The van der Waals surface area contributed by atoms with Gasteiger partial charge in [0.1, 0.15) is 0 Å². The van der Waals surface area contributed by atoms with Crippen molar-refractivity contribution in [2.75, 3.05) is 0 Å². The fraction of sp³-hybridized carbons (Fsp3) is 0.667. The molecular formula is C15H20N2O3. The van der Waals surface area contributed by atoms with Gasteiger partial charge in [-0.15, -0.1) is 0 Å². The number of hydrogen-bond donors (Lipinski definition) is 1. The highest BCUT2D eigenvalue weighted by atomic mass is 16.4. The van der Waals surface area contributed by atoms with Crippen LogP contribution >= 0.6 is 0 Å². The van der Waals surface area contributed by atoms with Crippen LogP contribution in [0.15, 0.2) is 4.79 Å². The molecule has 0 aliphatic heterocycles. The van der Waals surface area contributed by atoms with Crippen molar-refractivity contribution in [2.45, 2.75) is 52.5 Å². The summed E-state index contributed by atoms with van der Waals surface area (Å²) in [7, 11) is 0. The predicted octanol–water partition coefficient (Wildman–Crippen LogP) is 1.68. The summed E-state index contributed by atoms with van der Waals surface area (Å²) in [5, 5.41) is 9.00. The van der Waals surface area contributed by atoms with Crippen molar-refractivity contribution in [3.63, 3.8) is 0 Å². The van der Waals surface area contributed by atoms with Gasteiger partial charge in [0.2, 0.25) is 0 Å². The summed E-state index contributed by atoms with van der Waals surface area (Å²) in [6.07, 6.45) is 4.85. The Bertz CT molecular complexity index is 625. The number of aryl methyl sites for hydroxylation is 1. The second kappa shape index (κ2) is 4.43. The van der Waals surface area contributed by atoms with Crippen molar-refractivity contribution in [3.05, 3.63) is 27.4 Å². The van der Waals surface area contributed by atoms with Crippen LogP contribution in [-0.2, 0) is 17.8 Å². The highest BCUT2D eigenvalue weighted by Gasteiger charge is 2.54. The van der Waals surface area contributed by atoms with Crippen molar-refractivity contribution >= 4 is 5.97 Å². The summed E-state index contributed by atoms with van der Waals surface area (Å²) in [5.74, 6) is -0.121. The fourth-order valence-corrected chi connectivity index (χ4v) is 3.30. The summed E-state index contributed by atoms with van der Waals surface area (Å²) >= 11 is 0. The second-order valence-corrected chi connectivity index (χ2v) is 6.34. The maximum Gasteiger partial charge on any atom is 0.347 e. The molecule has 2 aliphatic rings. The molecule has 0 amide bonds. The minimum Gasteiger partial charge on any atom is -0.481 e. The second-order valence-electron chi connectivity index (χ2n) is 6.34. The van der Waals surface area contributed by atoms with E-state index in [-0.39, 0.29) is 12.1 Å². The van der Waals surface area contributed by atoms with Crippen molar-refractivity contribution in [1.29, 1.82) is 0 Å². The molecule has 1 aromatic rings. The standard InChI is InChI=1S/C15H20N2O3/c1-9-12(7-13(18)19)10(2)17(14(20)16-9)8-15(5-6-15)11-3-4-11/h11H,3-8H2,1-2H3,(H,18,19). The monoisotopic (exact) mass is 276 g/mol. The van der Waals surface area contributed by atoms with E-state index in [1.807, 2.05) is 6.92 Å². The molecule has 5 nitrogen and oxygen atoms in total. The van der Waals surface area contributed by atoms with E-state index in [1.54, 1.807) is 11.5 Å². The van der Waals surface area contributed by atoms with Gasteiger partial charge in [0, 0.05) is 23.5 Å². The van der Waals surface area contributed by atoms with E-state index in [0.29, 0.717) is 23.2 Å². The lowest BCUT2D eigenvalue weighted by molar-refractivity contribution is -0.136. The molecule has 0 saturated heterocycles. The van der Waals surface area contributed by atoms with Crippen LogP contribution in [0, 0.1) is 25.2 Å². The SMILES string of the molecule is Cc1nc(=O)n(CC2(C3CC3)CC2)c(C)c1CC(=O)O. The molecular weight excluding hydrogens is 256 g/mol. The van der Waals surface area contributed by atoms with Gasteiger partial charge in [0.25, 0.3) is 0 Å². The number of hydrogen-bond acceptors (Lipinski definition) is 3. The summed E-state index contributed by atoms with van der Waals surface area (Å²) < 4.78 is 1.70. The molecule has 0 bridgehead atoms. The lowest BCUT2D eigenvalue weighted by atomic mass is 10.00. The Balaban J connectivity index is 1.97. The van der Waals surface area contributed by atoms with Gasteiger partial charge in [-0.3, -0.25) is 9.36 Å². The zero-order valence-corrected chi connectivity index (χ0v) is 12.0. The Labute approximate surface area is 117 Å². The molecule has 5 heteroatoms. The number of carboxylic acids is 1. The normalized spacial score (nSPS) is 19.9. The molecule has 1 N–H and O–H groups in total. The lowest BCUT2D eigenvalue weighted by Crippen LogP contribution is -2.32. The Morgan fingerprint density at radius 2 is 2.05 bits per heavy atom. The van der Waals surface area contributed by atoms with E-state index < -0.39 is 5.97 Å². The first-order chi connectivity index (χ1) is 9.43. The zero-order chi connectivity index (χ0) is 14.5. The Morgan fingerprint density at radius 1 is 1.40 bits per heavy atom. The lowest BCUT2D eigenvalue weighted by Gasteiger charge is -2.20. The van der Waals surface area contributed by atoms with E-state index in [1.165, 1.54) is 25.7 Å². The molecule has 2 saturated carbocycles. The molecule has 20 heavy (non-hydrogen) atoms. The molecule has 108 valence electrons. The molecule has 1 aromatic heterocycles. The Kier molecular flexibility index (Phi) is 2.96. The number of carboxylic acid groups (broad SMARTS) is 1. The first kappa shape index (κ1) is 13.3. The molecule has 0 aromatic carbocycles. The van der Waals surface area contributed by atoms with E-state index in [2.05, 4.69) is 4.98 Å². The molecule has 0 spiro atoms. The molecule has 0 radical (unpaired) electrons. The highest BCUT2D eigenvalue weighted by molar-refractivity contribution is 5.70. The minimum atomic E-state index is -0.883. The van der Waals surface area contributed by atoms with E-state index in [4.69, 9.17) is 5.11 Å². The van der Waals surface area contributed by atoms with Crippen LogP contribution in [0.3, 0.4) is 0 Å². The van der Waals surface area contributed by atoms with Crippen LogP contribution in [0.5, 0.6) is 0 Å². The number of rotatable bonds is 5. The Hall–Kier alpha value is -1.65. The zero-order valence-electron chi connectivity index (χ0n) is 12.0. The van der Waals surface area contributed by atoms with Crippen molar-refractivity contribution in [1.82, 2.24) is 9.55 Å². The third-order valence-corrected chi connectivity index (χ3v) is 4.91. The number of nitrogens with zero attached hydrogens (tertiary/aromatic N) is 2. The predicted molar refractivity (Wildman–Crippen MR) is 73.7 cm³/mol. The van der Waals surface area contributed by atoms with Gasteiger partial charge >= 0.3 is 11.7 Å². The first-order valence-electron chi connectivity index (χ1n) is 7.22. The quantitative estimate of drug-likeness (QED) is 0.888. The Morgan fingerprint density at radius 3 is 2.55 bits per heavy atom. The van der Waals surface area contributed by atoms with Gasteiger partial charge in [-0.25, -0.2) is 4.79 Å². The first-order valence-corrected chi connectivity index (χ1v) is 7.22. The molecule has 0 atom stereocenters. The average molecular weight is 276 g/mol. The number of aliphatic carboxylic acids is 1. The largest absolute Gasteiger partial charge is 0.481 e. The molecule has 2 fully saturated rings. The van der Waals surface area contributed by atoms with E-state index in [0.717, 1.165) is 11.6 Å². The smallest absolute Gasteiger partial charge is 0.347 e. The van der Waals surface area contributed by atoms with Crippen LogP contribution in [0.2, 0.25) is 0 Å². The van der Waals surface area contributed by atoms with Gasteiger partial charge in [0.15, 0.2) is 0 Å². The number of aromatic nitrogens is 2. The van der Waals surface area contributed by atoms with Crippen LogP contribution < -0.4 is 5.69 Å². The fourth-order valence-electron chi connectivity index (χ4n) is 3.30. The maximum atomic E-state index is 12.2. The molecule has 1 heterocycles. The van der Waals surface area contributed by atoms with Gasteiger partial charge in [-0.2, -0.15) is 4.98 Å². The average Bonchev–Trinajstić information content (AvgIpc) is 3.22. The number of carbonyl (C=O) groups is 1. The van der Waals surface area contributed by atoms with E-state index in [9.17, 15) is 9.59 Å². The molecule has 0 unspecified atom stereocenters. The maximum absolute atomic E-state index is 12.2. The summed E-state index contributed by atoms with van der Waals surface area (Å²) in [4.78, 5) is 27.1. The molecule has 3 rings (SSSR count). The minimum absolute atomic E-state index is 0.0681. The van der Waals surface area contributed by atoms with Crippen LogP contribution in [0.25, 0.3) is 0 Å².